The van der Waals surface area contributed by atoms with Gasteiger partial charge in [0.15, 0.2) is 0 Å². The fraction of sp³-hybridized carbons (Fsp3) is 0.188. The molecular weight excluding hydrogens is 279 g/mol. The molecule has 1 amide bonds. The van der Waals surface area contributed by atoms with Crippen LogP contribution >= 0.6 is 0 Å². The van der Waals surface area contributed by atoms with Gasteiger partial charge in [-0.25, -0.2) is 0 Å². The minimum absolute atomic E-state index is 0.111. The van der Waals surface area contributed by atoms with E-state index in [1.165, 1.54) is 6.07 Å². The molecule has 0 aliphatic heterocycles. The lowest BCUT2D eigenvalue weighted by Gasteiger charge is -2.15. The molecule has 2 aromatic carbocycles. The molecular formula is C16H12F3NO. The molecule has 5 heteroatoms. The molecule has 1 aliphatic carbocycles. The average Bonchev–Trinajstić information content (AvgIpc) is 2.73. The highest BCUT2D eigenvalue weighted by Crippen LogP contribution is 2.46. The molecule has 1 aliphatic rings. The Balaban J connectivity index is 2.23. The van der Waals surface area contributed by atoms with Crippen LogP contribution in [0.25, 0.3) is 11.1 Å². The van der Waals surface area contributed by atoms with Crippen LogP contribution in [0.3, 0.4) is 0 Å². The highest BCUT2D eigenvalue weighted by Gasteiger charge is 2.37. The summed E-state index contributed by atoms with van der Waals surface area (Å²) < 4.78 is 38.3. The second kappa shape index (κ2) is 4.62. The molecule has 0 radical (unpaired) electrons. The Morgan fingerprint density at radius 2 is 1.71 bits per heavy atom. The minimum Gasteiger partial charge on any atom is -0.369 e. The lowest BCUT2D eigenvalue weighted by atomic mass is 9.91. The summed E-state index contributed by atoms with van der Waals surface area (Å²) in [7, 11) is 0. The predicted molar refractivity (Wildman–Crippen MR) is 72.7 cm³/mol. The first kappa shape index (κ1) is 13.7. The molecule has 21 heavy (non-hydrogen) atoms. The highest BCUT2D eigenvalue weighted by molar-refractivity contribution is 5.96. The van der Waals surface area contributed by atoms with Crippen molar-refractivity contribution in [3.8, 4) is 11.1 Å². The van der Waals surface area contributed by atoms with E-state index < -0.39 is 24.4 Å². The van der Waals surface area contributed by atoms with Crippen LogP contribution < -0.4 is 5.73 Å². The first-order chi connectivity index (χ1) is 9.88. The number of carbonyl (C=O) groups excluding carboxylic acids is 1. The van der Waals surface area contributed by atoms with Crippen molar-refractivity contribution in [3.05, 3.63) is 59.2 Å². The summed E-state index contributed by atoms with van der Waals surface area (Å²) in [6.45, 7) is 0. The monoisotopic (exact) mass is 291 g/mol. The molecule has 2 nitrogen and oxygen atoms in total. The molecule has 2 aromatic rings. The van der Waals surface area contributed by atoms with Crippen molar-refractivity contribution in [1.29, 1.82) is 0 Å². The summed E-state index contributed by atoms with van der Waals surface area (Å²) in [5.74, 6) is -1.44. The third-order valence-electron chi connectivity index (χ3n) is 3.72. The number of alkyl halides is 3. The van der Waals surface area contributed by atoms with Crippen molar-refractivity contribution >= 4 is 5.91 Å². The second-order valence-corrected chi connectivity index (χ2v) is 5.09. The smallest absolute Gasteiger partial charge is 0.369 e. The fourth-order valence-corrected chi connectivity index (χ4v) is 3.00. The van der Waals surface area contributed by atoms with Crippen LogP contribution in [0.4, 0.5) is 13.2 Å². The normalized spacial score (nSPS) is 16.4. The quantitative estimate of drug-likeness (QED) is 0.905. The van der Waals surface area contributed by atoms with Gasteiger partial charge in [-0.2, -0.15) is 13.2 Å². The molecule has 0 bridgehead atoms. The maximum Gasteiger partial charge on any atom is 0.393 e. The Kier molecular flexibility index (Phi) is 3.01. The van der Waals surface area contributed by atoms with Crippen molar-refractivity contribution < 1.29 is 18.0 Å². The van der Waals surface area contributed by atoms with Gasteiger partial charge >= 0.3 is 6.18 Å². The molecule has 0 heterocycles. The Bertz CT molecular complexity index is 722. The van der Waals surface area contributed by atoms with Gasteiger partial charge in [0.1, 0.15) is 0 Å². The lowest BCUT2D eigenvalue weighted by molar-refractivity contribution is -0.127. The van der Waals surface area contributed by atoms with Crippen LogP contribution in [0, 0.1) is 0 Å². The number of carbonyl (C=O) groups is 1. The van der Waals surface area contributed by atoms with Gasteiger partial charge in [-0.15, -0.1) is 0 Å². The molecule has 1 atom stereocenters. The summed E-state index contributed by atoms with van der Waals surface area (Å²) in [4.78, 5) is 11.8. The zero-order valence-corrected chi connectivity index (χ0v) is 10.9. The summed E-state index contributed by atoms with van der Waals surface area (Å²) >= 11 is 0. The Morgan fingerprint density at radius 1 is 1.05 bits per heavy atom. The number of hydrogen-bond donors (Lipinski definition) is 1. The standard InChI is InChI=1S/C16H12F3NO/c17-16(18,19)8-9-4-3-7-11-10-5-1-2-6-12(10)14(13(9)11)15(20)21/h1-7,14H,8H2,(H2,20,21). The first-order valence-electron chi connectivity index (χ1n) is 6.45. The molecule has 0 saturated carbocycles. The van der Waals surface area contributed by atoms with Gasteiger partial charge in [0, 0.05) is 0 Å². The van der Waals surface area contributed by atoms with Crippen molar-refractivity contribution in [2.75, 3.05) is 0 Å². The van der Waals surface area contributed by atoms with Crippen molar-refractivity contribution in [1.82, 2.24) is 0 Å². The van der Waals surface area contributed by atoms with E-state index in [2.05, 4.69) is 0 Å². The summed E-state index contributed by atoms with van der Waals surface area (Å²) in [6.07, 6.45) is -5.39. The van der Waals surface area contributed by atoms with E-state index in [1.54, 1.807) is 36.4 Å². The van der Waals surface area contributed by atoms with Crippen LogP contribution in [-0.4, -0.2) is 12.1 Å². The molecule has 0 saturated heterocycles. The molecule has 1 unspecified atom stereocenters. The van der Waals surface area contributed by atoms with Crippen LogP contribution in [0.2, 0.25) is 0 Å². The van der Waals surface area contributed by atoms with E-state index in [9.17, 15) is 18.0 Å². The van der Waals surface area contributed by atoms with Gasteiger partial charge in [-0.3, -0.25) is 4.79 Å². The highest BCUT2D eigenvalue weighted by atomic mass is 19.4. The topological polar surface area (TPSA) is 43.1 Å². The summed E-state index contributed by atoms with van der Waals surface area (Å²) in [6, 6.07) is 11.8. The van der Waals surface area contributed by atoms with Crippen molar-refractivity contribution in [2.45, 2.75) is 18.5 Å². The number of hydrogen-bond acceptors (Lipinski definition) is 1. The maximum atomic E-state index is 12.8. The van der Waals surface area contributed by atoms with Gasteiger partial charge in [-0.05, 0) is 27.8 Å². The van der Waals surface area contributed by atoms with Crippen LogP contribution in [0.5, 0.6) is 0 Å². The van der Waals surface area contributed by atoms with Gasteiger partial charge in [-0.1, -0.05) is 42.5 Å². The number of amides is 1. The second-order valence-electron chi connectivity index (χ2n) is 5.09. The fourth-order valence-electron chi connectivity index (χ4n) is 3.00. The Labute approximate surface area is 119 Å². The Morgan fingerprint density at radius 3 is 2.38 bits per heavy atom. The van der Waals surface area contributed by atoms with E-state index >= 15 is 0 Å². The first-order valence-corrected chi connectivity index (χ1v) is 6.45. The lowest BCUT2D eigenvalue weighted by Crippen LogP contribution is -2.23. The largest absolute Gasteiger partial charge is 0.393 e. The molecule has 0 fully saturated rings. The molecule has 3 rings (SSSR count). The van der Waals surface area contributed by atoms with Crippen LogP contribution in [-0.2, 0) is 11.2 Å². The van der Waals surface area contributed by atoms with Gasteiger partial charge < -0.3 is 5.73 Å². The summed E-state index contributed by atoms with van der Waals surface area (Å²) in [5, 5.41) is 0. The van der Waals surface area contributed by atoms with Crippen molar-refractivity contribution in [3.63, 3.8) is 0 Å². The van der Waals surface area contributed by atoms with Crippen LogP contribution in [0.15, 0.2) is 42.5 Å². The van der Waals surface area contributed by atoms with E-state index in [-0.39, 0.29) is 5.56 Å². The van der Waals surface area contributed by atoms with E-state index in [4.69, 9.17) is 5.73 Å². The number of benzene rings is 2. The molecule has 0 spiro atoms. The van der Waals surface area contributed by atoms with E-state index in [0.717, 1.165) is 5.56 Å². The predicted octanol–water partition coefficient (Wildman–Crippen LogP) is 3.39. The minimum atomic E-state index is -4.33. The number of primary amides is 1. The molecule has 0 aromatic heterocycles. The van der Waals surface area contributed by atoms with Gasteiger partial charge in [0.25, 0.3) is 0 Å². The van der Waals surface area contributed by atoms with Gasteiger partial charge in [0.2, 0.25) is 5.91 Å². The van der Waals surface area contributed by atoms with Crippen molar-refractivity contribution in [2.24, 2.45) is 5.73 Å². The zero-order chi connectivity index (χ0) is 15.2. The van der Waals surface area contributed by atoms with E-state index in [1.807, 2.05) is 0 Å². The number of halogens is 3. The summed E-state index contributed by atoms with van der Waals surface area (Å²) in [5.41, 5.74) is 8.06. The maximum absolute atomic E-state index is 12.8. The number of rotatable bonds is 2. The molecule has 2 N–H and O–H groups in total. The SMILES string of the molecule is NC(=O)C1c2ccccc2-c2cccc(CC(F)(F)F)c21. The zero-order valence-electron chi connectivity index (χ0n) is 10.9. The van der Waals surface area contributed by atoms with Gasteiger partial charge in [0.05, 0.1) is 12.3 Å². The van der Waals surface area contributed by atoms with Crippen LogP contribution in [0.1, 0.15) is 22.6 Å². The average molecular weight is 291 g/mol. The third-order valence-corrected chi connectivity index (χ3v) is 3.72. The third kappa shape index (κ3) is 2.28. The number of fused-ring (bicyclic) bond motifs is 3. The number of nitrogens with two attached hydrogens (primary N) is 1. The van der Waals surface area contributed by atoms with E-state index in [0.29, 0.717) is 16.7 Å². The molecule has 108 valence electrons. The Hall–Kier alpha value is -2.30.